The van der Waals surface area contributed by atoms with Crippen LogP contribution in [0.25, 0.3) is 11.1 Å². The summed E-state index contributed by atoms with van der Waals surface area (Å²) in [5.41, 5.74) is 7.57. The number of carbonyl (C=O) groups excluding carboxylic acids is 1. The number of para-hydroxylation sites is 1. The summed E-state index contributed by atoms with van der Waals surface area (Å²) in [6.07, 6.45) is 0. The van der Waals surface area contributed by atoms with Crippen LogP contribution >= 0.6 is 0 Å². The fraction of sp³-hybridized carbons (Fsp3) is 0.222. The van der Waals surface area contributed by atoms with Gasteiger partial charge in [0, 0.05) is 27.6 Å². The number of nitrogens with zero attached hydrogens (tertiary/aromatic N) is 1. The Morgan fingerprint density at radius 2 is 1.07 bits per heavy atom. The summed E-state index contributed by atoms with van der Waals surface area (Å²) in [5, 5.41) is 0. The van der Waals surface area contributed by atoms with E-state index in [2.05, 4.69) is 52.0 Å². The van der Waals surface area contributed by atoms with Crippen molar-refractivity contribution in [1.29, 1.82) is 0 Å². The van der Waals surface area contributed by atoms with E-state index in [1.807, 2.05) is 42.5 Å². The second-order valence-corrected chi connectivity index (χ2v) is 7.98. The average molecular weight is 441 g/mol. The Labute approximate surface area is 190 Å². The number of fused-ring (bicyclic) bond motifs is 3. The van der Waals surface area contributed by atoms with Crippen LogP contribution in [0.3, 0.4) is 0 Å². The Kier molecular flexibility index (Phi) is 7.56. The van der Waals surface area contributed by atoms with Gasteiger partial charge >= 0.3 is 0 Å². The molecule has 3 heteroatoms. The van der Waals surface area contributed by atoms with Crippen molar-refractivity contribution in [2.45, 2.75) is 39.5 Å². The molecule has 3 aromatic carbocycles. The number of Topliss-reactive ketones (excluding diaryl/α,β-unsaturated/α-hetero) is 1. The van der Waals surface area contributed by atoms with Crippen LogP contribution in [0.5, 0.6) is 0 Å². The van der Waals surface area contributed by atoms with Crippen LogP contribution in [-0.4, -0.2) is 11.5 Å². The molecule has 0 amide bonds. The molecule has 1 aliphatic rings. The van der Waals surface area contributed by atoms with Crippen LogP contribution in [0, 0.1) is 7.43 Å². The van der Waals surface area contributed by atoms with Crippen LogP contribution in [-0.2, 0) is 16.5 Å². The quantitative estimate of drug-likeness (QED) is 0.308. The van der Waals surface area contributed by atoms with Crippen molar-refractivity contribution in [3.63, 3.8) is 0 Å². The number of hydrogen-bond acceptors (Lipinski definition) is 2. The van der Waals surface area contributed by atoms with E-state index in [0.29, 0.717) is 17.5 Å². The average Bonchev–Trinajstić information content (AvgIpc) is 2.70. The van der Waals surface area contributed by atoms with E-state index in [0.717, 1.165) is 27.9 Å². The summed E-state index contributed by atoms with van der Waals surface area (Å²) in [6.45, 7) is 8.70. The molecule has 0 spiro atoms. The molecular formula is C27H28NNiO-. The van der Waals surface area contributed by atoms with Gasteiger partial charge in [-0.2, -0.15) is 0 Å². The molecule has 0 unspecified atom stereocenters. The molecule has 0 atom stereocenters. The molecule has 0 aliphatic heterocycles. The molecule has 0 bridgehead atoms. The van der Waals surface area contributed by atoms with Crippen molar-refractivity contribution < 1.29 is 21.3 Å². The summed E-state index contributed by atoms with van der Waals surface area (Å²) >= 11 is 0. The number of hydrogen-bond donors (Lipinski definition) is 0. The maximum atomic E-state index is 13.4. The molecule has 4 rings (SSSR count). The molecule has 1 aliphatic carbocycles. The summed E-state index contributed by atoms with van der Waals surface area (Å²) in [5.74, 6) is 0.668. The second kappa shape index (κ2) is 9.54. The van der Waals surface area contributed by atoms with E-state index in [1.54, 1.807) is 0 Å². The Balaban J connectivity index is 0.00000160. The number of rotatable bonds is 3. The minimum atomic E-state index is 0. The van der Waals surface area contributed by atoms with Crippen molar-refractivity contribution in [2.24, 2.45) is 4.99 Å². The standard InChI is InChI=1S/C26H25NO.CH3.Ni/c1-16(2)18-14-9-15-19(17(3)4)24(18)27-25-22-12-7-5-10-20(22)21-11-6-8-13-23(21)26(25)28;;/h5-17H,1-4H3;1H3;/q;-1;. The first kappa shape index (κ1) is 23.8. The summed E-state index contributed by atoms with van der Waals surface area (Å²) in [6, 6.07) is 22.3. The van der Waals surface area contributed by atoms with Crippen LogP contribution in [0.2, 0.25) is 0 Å². The van der Waals surface area contributed by atoms with Gasteiger partial charge in [-0.15, -0.1) is 0 Å². The van der Waals surface area contributed by atoms with Gasteiger partial charge < -0.3 is 7.43 Å². The predicted molar refractivity (Wildman–Crippen MR) is 123 cm³/mol. The Hall–Kier alpha value is -2.51. The van der Waals surface area contributed by atoms with E-state index in [4.69, 9.17) is 4.99 Å². The van der Waals surface area contributed by atoms with Gasteiger partial charge in [-0.05, 0) is 34.1 Å². The summed E-state index contributed by atoms with van der Waals surface area (Å²) in [4.78, 5) is 18.5. The smallest absolute Gasteiger partial charge is 0.212 e. The molecule has 0 aromatic heterocycles. The minimum Gasteiger partial charge on any atom is -0.358 e. The number of benzene rings is 3. The molecule has 0 heterocycles. The third-order valence-corrected chi connectivity index (χ3v) is 5.43. The zero-order valence-electron chi connectivity index (χ0n) is 18.2. The van der Waals surface area contributed by atoms with Gasteiger partial charge in [0.05, 0.1) is 5.69 Å². The van der Waals surface area contributed by atoms with Gasteiger partial charge in [0.1, 0.15) is 5.71 Å². The van der Waals surface area contributed by atoms with Gasteiger partial charge in [-0.25, -0.2) is 4.99 Å². The maximum Gasteiger partial charge on any atom is 0.212 e. The van der Waals surface area contributed by atoms with Crippen LogP contribution in [0.15, 0.2) is 71.7 Å². The molecule has 2 nitrogen and oxygen atoms in total. The molecule has 3 aromatic rings. The van der Waals surface area contributed by atoms with Gasteiger partial charge in [0.25, 0.3) is 0 Å². The van der Waals surface area contributed by atoms with Crippen molar-refractivity contribution in [2.75, 3.05) is 0 Å². The fourth-order valence-electron chi connectivity index (χ4n) is 3.95. The van der Waals surface area contributed by atoms with Crippen LogP contribution < -0.4 is 0 Å². The molecule has 158 valence electrons. The zero-order chi connectivity index (χ0) is 19.8. The van der Waals surface area contributed by atoms with E-state index >= 15 is 0 Å². The van der Waals surface area contributed by atoms with Gasteiger partial charge in [-0.3, -0.25) is 4.79 Å². The molecule has 0 N–H and O–H groups in total. The van der Waals surface area contributed by atoms with Crippen LogP contribution in [0.4, 0.5) is 5.69 Å². The van der Waals surface area contributed by atoms with Gasteiger partial charge in [0.2, 0.25) is 5.78 Å². The van der Waals surface area contributed by atoms with Gasteiger partial charge in [0.15, 0.2) is 0 Å². The van der Waals surface area contributed by atoms with Gasteiger partial charge in [-0.1, -0.05) is 94.4 Å². The van der Waals surface area contributed by atoms with E-state index in [9.17, 15) is 4.79 Å². The first-order valence-corrected chi connectivity index (χ1v) is 9.94. The maximum absolute atomic E-state index is 13.4. The topological polar surface area (TPSA) is 29.4 Å². The Bertz CT molecular complexity index is 1070. The van der Waals surface area contributed by atoms with Crippen molar-refractivity contribution in [3.05, 3.63) is 96.4 Å². The molecule has 0 saturated heterocycles. The molecule has 0 fully saturated rings. The second-order valence-electron chi connectivity index (χ2n) is 7.98. The third kappa shape index (κ3) is 4.04. The third-order valence-electron chi connectivity index (χ3n) is 5.43. The normalized spacial score (nSPS) is 13.5. The van der Waals surface area contributed by atoms with E-state index < -0.39 is 0 Å². The molecule has 0 radical (unpaired) electrons. The molecule has 30 heavy (non-hydrogen) atoms. The Morgan fingerprint density at radius 3 is 1.57 bits per heavy atom. The summed E-state index contributed by atoms with van der Waals surface area (Å²) < 4.78 is 0. The Morgan fingerprint density at radius 1 is 0.633 bits per heavy atom. The number of aliphatic imine (C=N–C) groups is 1. The fourth-order valence-corrected chi connectivity index (χ4v) is 3.95. The summed E-state index contributed by atoms with van der Waals surface area (Å²) in [7, 11) is 0. The van der Waals surface area contributed by atoms with E-state index in [-0.39, 0.29) is 29.7 Å². The largest absolute Gasteiger partial charge is 0.358 e. The first-order chi connectivity index (χ1) is 13.5. The molecule has 0 saturated carbocycles. The SMILES string of the molecule is CC(C)c1cccc(C(C)C)c1N=C1C(=O)c2ccccc2-c2ccccc21.[CH3-].[Ni]. The number of ketones is 1. The van der Waals surface area contributed by atoms with Crippen molar-refractivity contribution in [1.82, 2.24) is 0 Å². The first-order valence-electron chi connectivity index (χ1n) is 9.94. The van der Waals surface area contributed by atoms with Crippen LogP contribution in [0.1, 0.15) is 66.6 Å². The predicted octanol–water partition coefficient (Wildman–Crippen LogP) is 7.37. The van der Waals surface area contributed by atoms with Crippen molar-refractivity contribution in [3.8, 4) is 11.1 Å². The van der Waals surface area contributed by atoms with E-state index in [1.165, 1.54) is 11.1 Å². The number of carbonyl (C=O) groups is 1. The minimum absolute atomic E-state index is 0. The van der Waals surface area contributed by atoms with Crippen molar-refractivity contribution >= 4 is 17.2 Å². The molecular weight excluding hydrogens is 413 g/mol. The monoisotopic (exact) mass is 440 g/mol. The zero-order valence-corrected chi connectivity index (χ0v) is 19.2.